The quantitative estimate of drug-likeness (QED) is 0.784. The highest BCUT2D eigenvalue weighted by Gasteiger charge is 2.23. The summed E-state index contributed by atoms with van der Waals surface area (Å²) in [4.78, 5) is 16.3. The average molecular weight is 249 g/mol. The molecule has 0 unspecified atom stereocenters. The summed E-state index contributed by atoms with van der Waals surface area (Å²) in [6, 6.07) is 0. The van der Waals surface area contributed by atoms with Crippen LogP contribution in [0, 0.1) is 0 Å². The lowest BCUT2D eigenvalue weighted by Gasteiger charge is -2.31. The van der Waals surface area contributed by atoms with Gasteiger partial charge in [0.05, 0.1) is 12.2 Å². The summed E-state index contributed by atoms with van der Waals surface area (Å²) in [6.45, 7) is 1.55. The Balaban J connectivity index is 0.00000112. The van der Waals surface area contributed by atoms with E-state index in [-0.39, 0.29) is 12.4 Å². The summed E-state index contributed by atoms with van der Waals surface area (Å²) in [5.74, 6) is -0.435. The Labute approximate surface area is 98.3 Å². The largest absolute Gasteiger partial charge is 0.364 e. The molecule has 1 aliphatic heterocycles. The van der Waals surface area contributed by atoms with Crippen LogP contribution in [-0.2, 0) is 13.1 Å². The number of carbonyl (C=O) groups excluding carboxylic acids is 1. The first-order valence-electron chi connectivity index (χ1n) is 4.28. The second kappa shape index (κ2) is 4.44. The lowest BCUT2D eigenvalue weighted by Crippen LogP contribution is -2.39. The first kappa shape index (κ1) is 12.4. The van der Waals surface area contributed by atoms with Crippen LogP contribution < -0.4 is 5.73 Å². The third-order valence-electron chi connectivity index (χ3n) is 2.32. The van der Waals surface area contributed by atoms with E-state index < -0.39 is 5.91 Å². The Morgan fingerprint density at radius 3 is 2.60 bits per heavy atom. The van der Waals surface area contributed by atoms with Crippen molar-refractivity contribution >= 4 is 29.7 Å². The molecule has 15 heavy (non-hydrogen) atoms. The Morgan fingerprint density at radius 2 is 2.00 bits per heavy atom. The number of rotatable bonds is 1. The van der Waals surface area contributed by atoms with Gasteiger partial charge in [-0.15, -0.1) is 23.7 Å². The van der Waals surface area contributed by atoms with Gasteiger partial charge in [-0.05, 0) is 0 Å². The molecule has 0 saturated heterocycles. The standard InChI is InChI=1S/C8H12N4OS.ClH/c1-11-3-5-6(4-12(11)2)14-8(10-5)7(9)13;/h3-4H2,1-2H3,(H2,9,13);1H. The van der Waals surface area contributed by atoms with Gasteiger partial charge in [-0.1, -0.05) is 0 Å². The summed E-state index contributed by atoms with van der Waals surface area (Å²) in [6.07, 6.45) is 0. The molecule has 0 fully saturated rings. The number of nitrogens with zero attached hydrogens (tertiary/aromatic N) is 3. The Hall–Kier alpha value is -0.690. The molecule has 5 nitrogen and oxygen atoms in total. The van der Waals surface area contributed by atoms with Crippen LogP contribution in [0.3, 0.4) is 0 Å². The fourth-order valence-electron chi connectivity index (χ4n) is 1.40. The zero-order valence-corrected chi connectivity index (χ0v) is 10.2. The number of hydrogen-bond donors (Lipinski definition) is 1. The molecule has 0 bridgehead atoms. The summed E-state index contributed by atoms with van der Waals surface area (Å²) in [7, 11) is 4.00. The van der Waals surface area contributed by atoms with Crippen LogP contribution in [0.15, 0.2) is 0 Å². The number of carbonyl (C=O) groups is 1. The van der Waals surface area contributed by atoms with Gasteiger partial charge in [-0.2, -0.15) is 0 Å². The molecule has 1 aromatic heterocycles. The number of halogens is 1. The molecule has 1 amide bonds. The highest BCUT2D eigenvalue weighted by atomic mass is 35.5. The maximum Gasteiger partial charge on any atom is 0.277 e. The van der Waals surface area contributed by atoms with Gasteiger partial charge in [0, 0.05) is 25.5 Å². The van der Waals surface area contributed by atoms with E-state index in [0.29, 0.717) is 5.01 Å². The Morgan fingerprint density at radius 1 is 1.40 bits per heavy atom. The van der Waals surface area contributed by atoms with E-state index in [1.807, 2.05) is 14.1 Å². The van der Waals surface area contributed by atoms with Crippen LogP contribution in [0.25, 0.3) is 0 Å². The number of aromatic nitrogens is 1. The van der Waals surface area contributed by atoms with Crippen LogP contribution in [0.5, 0.6) is 0 Å². The van der Waals surface area contributed by atoms with Crippen molar-refractivity contribution in [1.82, 2.24) is 15.0 Å². The Kier molecular flexibility index (Phi) is 3.67. The zero-order chi connectivity index (χ0) is 10.3. The van der Waals surface area contributed by atoms with E-state index in [0.717, 1.165) is 23.7 Å². The van der Waals surface area contributed by atoms with E-state index in [1.165, 1.54) is 11.3 Å². The fourth-order valence-corrected chi connectivity index (χ4v) is 2.37. The van der Waals surface area contributed by atoms with Gasteiger partial charge in [-0.3, -0.25) is 4.79 Å². The van der Waals surface area contributed by atoms with Gasteiger partial charge in [0.1, 0.15) is 0 Å². The molecular formula is C8H13ClN4OS. The third-order valence-corrected chi connectivity index (χ3v) is 3.42. The monoisotopic (exact) mass is 248 g/mol. The normalized spacial score (nSPS) is 16.9. The lowest BCUT2D eigenvalue weighted by atomic mass is 10.3. The second-order valence-corrected chi connectivity index (χ2v) is 4.47. The van der Waals surface area contributed by atoms with Crippen LogP contribution in [-0.4, -0.2) is 35.0 Å². The molecular weight excluding hydrogens is 236 g/mol. The molecule has 1 aromatic rings. The van der Waals surface area contributed by atoms with Crippen LogP contribution in [0.2, 0.25) is 0 Å². The Bertz CT molecular complexity index is 353. The van der Waals surface area contributed by atoms with Gasteiger partial charge in [0.25, 0.3) is 5.91 Å². The van der Waals surface area contributed by atoms with Crippen molar-refractivity contribution in [3.05, 3.63) is 15.6 Å². The average Bonchev–Trinajstić information content (AvgIpc) is 2.48. The van der Waals surface area contributed by atoms with Crippen LogP contribution in [0.1, 0.15) is 20.4 Å². The molecule has 0 aromatic carbocycles. The van der Waals surface area contributed by atoms with Gasteiger partial charge in [-0.25, -0.2) is 15.0 Å². The summed E-state index contributed by atoms with van der Waals surface area (Å²) >= 11 is 1.40. The van der Waals surface area contributed by atoms with Crippen molar-refractivity contribution in [1.29, 1.82) is 0 Å². The highest BCUT2D eigenvalue weighted by Crippen LogP contribution is 2.25. The van der Waals surface area contributed by atoms with Gasteiger partial charge in [0.15, 0.2) is 5.01 Å². The van der Waals surface area contributed by atoms with E-state index in [2.05, 4.69) is 15.0 Å². The smallest absolute Gasteiger partial charge is 0.277 e. The second-order valence-electron chi connectivity index (χ2n) is 3.38. The maximum atomic E-state index is 10.9. The van der Waals surface area contributed by atoms with Crippen LogP contribution >= 0.6 is 23.7 Å². The zero-order valence-electron chi connectivity index (χ0n) is 8.56. The molecule has 7 heteroatoms. The van der Waals surface area contributed by atoms with Crippen molar-refractivity contribution in [2.45, 2.75) is 13.1 Å². The highest BCUT2D eigenvalue weighted by molar-refractivity contribution is 7.13. The van der Waals surface area contributed by atoms with Gasteiger partial charge < -0.3 is 5.73 Å². The minimum atomic E-state index is -0.435. The minimum absolute atomic E-state index is 0. The molecule has 84 valence electrons. The molecule has 2 heterocycles. The van der Waals surface area contributed by atoms with Gasteiger partial charge in [0.2, 0.25) is 0 Å². The SMILES string of the molecule is CN1Cc2nc(C(N)=O)sc2CN1C.Cl. The fraction of sp³-hybridized carbons (Fsp3) is 0.500. The van der Waals surface area contributed by atoms with Gasteiger partial charge >= 0.3 is 0 Å². The molecule has 0 saturated carbocycles. The third kappa shape index (κ3) is 2.28. The van der Waals surface area contributed by atoms with Crippen molar-refractivity contribution in [3.63, 3.8) is 0 Å². The van der Waals surface area contributed by atoms with E-state index >= 15 is 0 Å². The van der Waals surface area contributed by atoms with E-state index in [4.69, 9.17) is 5.73 Å². The minimum Gasteiger partial charge on any atom is -0.364 e. The molecule has 2 rings (SSSR count). The predicted molar refractivity (Wildman–Crippen MR) is 60.8 cm³/mol. The molecule has 0 atom stereocenters. The molecule has 2 N–H and O–H groups in total. The number of hydrogen-bond acceptors (Lipinski definition) is 5. The molecule has 1 aliphatic rings. The van der Waals surface area contributed by atoms with Crippen molar-refractivity contribution in [2.24, 2.45) is 5.73 Å². The summed E-state index contributed by atoms with van der Waals surface area (Å²) in [5.41, 5.74) is 6.15. The topological polar surface area (TPSA) is 62.5 Å². The number of thiazole rings is 1. The van der Waals surface area contributed by atoms with Crippen molar-refractivity contribution < 1.29 is 4.79 Å². The first-order chi connectivity index (χ1) is 6.58. The van der Waals surface area contributed by atoms with Crippen molar-refractivity contribution in [2.75, 3.05) is 14.1 Å². The number of nitrogens with two attached hydrogens (primary N) is 1. The molecule has 0 spiro atoms. The number of fused-ring (bicyclic) bond motifs is 1. The van der Waals surface area contributed by atoms with Crippen LogP contribution in [0.4, 0.5) is 0 Å². The van der Waals surface area contributed by atoms with E-state index in [9.17, 15) is 4.79 Å². The number of amides is 1. The first-order valence-corrected chi connectivity index (χ1v) is 5.10. The maximum absolute atomic E-state index is 10.9. The lowest BCUT2D eigenvalue weighted by molar-refractivity contribution is -0.00170. The summed E-state index contributed by atoms with van der Waals surface area (Å²) in [5, 5.41) is 4.57. The molecule has 0 aliphatic carbocycles. The predicted octanol–water partition coefficient (Wildman–Crippen LogP) is 0.456. The molecule has 0 radical (unpaired) electrons. The van der Waals surface area contributed by atoms with E-state index in [1.54, 1.807) is 0 Å². The van der Waals surface area contributed by atoms with Crippen molar-refractivity contribution in [3.8, 4) is 0 Å². The number of primary amides is 1. The number of hydrazine groups is 1. The summed E-state index contributed by atoms with van der Waals surface area (Å²) < 4.78 is 0.